The summed E-state index contributed by atoms with van der Waals surface area (Å²) in [5, 5.41) is 0. The zero-order valence-electron chi connectivity index (χ0n) is 8.57. The number of aryl methyl sites for hydroxylation is 2. The SMILES string of the molecule is COC(=O)C=Cc1cc(C)nc(C)c1. The summed E-state index contributed by atoms with van der Waals surface area (Å²) in [7, 11) is 1.36. The van der Waals surface area contributed by atoms with Crippen LogP contribution in [0.2, 0.25) is 0 Å². The molecule has 0 spiro atoms. The van der Waals surface area contributed by atoms with Gasteiger partial charge in [0, 0.05) is 17.5 Å². The van der Waals surface area contributed by atoms with E-state index >= 15 is 0 Å². The molecule has 74 valence electrons. The highest BCUT2D eigenvalue weighted by Gasteiger charge is 1.95. The van der Waals surface area contributed by atoms with Crippen LogP contribution in [0.4, 0.5) is 0 Å². The number of hydrogen-bond donors (Lipinski definition) is 0. The van der Waals surface area contributed by atoms with Crippen LogP contribution in [0.3, 0.4) is 0 Å². The number of methoxy groups -OCH3 is 1. The molecule has 0 aliphatic carbocycles. The molecule has 0 aromatic carbocycles. The average Bonchev–Trinajstić information content (AvgIpc) is 2.12. The number of nitrogens with zero attached hydrogens (tertiary/aromatic N) is 1. The van der Waals surface area contributed by atoms with Crippen LogP contribution in [0.25, 0.3) is 6.08 Å². The van der Waals surface area contributed by atoms with E-state index < -0.39 is 0 Å². The monoisotopic (exact) mass is 191 g/mol. The third-order valence-corrected chi connectivity index (χ3v) is 1.72. The van der Waals surface area contributed by atoms with E-state index in [1.54, 1.807) is 6.08 Å². The molecule has 1 aromatic heterocycles. The summed E-state index contributed by atoms with van der Waals surface area (Å²) in [6.07, 6.45) is 3.11. The summed E-state index contributed by atoms with van der Waals surface area (Å²) in [5.41, 5.74) is 2.84. The van der Waals surface area contributed by atoms with Gasteiger partial charge in [-0.15, -0.1) is 0 Å². The number of pyridine rings is 1. The first-order chi connectivity index (χ1) is 6.61. The first kappa shape index (κ1) is 10.4. The molecule has 1 aromatic rings. The molecule has 0 bridgehead atoms. The Morgan fingerprint density at radius 2 is 1.93 bits per heavy atom. The van der Waals surface area contributed by atoms with E-state index in [2.05, 4.69) is 9.72 Å². The minimum atomic E-state index is -0.350. The second-order valence-corrected chi connectivity index (χ2v) is 3.04. The molecule has 14 heavy (non-hydrogen) atoms. The molecule has 1 rings (SSSR count). The number of hydrogen-bond acceptors (Lipinski definition) is 3. The van der Waals surface area contributed by atoms with Gasteiger partial charge >= 0.3 is 5.97 Å². The highest BCUT2D eigenvalue weighted by atomic mass is 16.5. The Hall–Kier alpha value is -1.64. The number of esters is 1. The van der Waals surface area contributed by atoms with E-state index in [9.17, 15) is 4.79 Å². The van der Waals surface area contributed by atoms with E-state index in [4.69, 9.17) is 0 Å². The lowest BCUT2D eigenvalue weighted by molar-refractivity contribution is -0.134. The third kappa shape index (κ3) is 3.01. The topological polar surface area (TPSA) is 39.2 Å². The Morgan fingerprint density at radius 3 is 2.43 bits per heavy atom. The molecule has 3 heteroatoms. The summed E-state index contributed by atoms with van der Waals surface area (Å²) in [6.45, 7) is 3.84. The Kier molecular flexibility index (Phi) is 3.40. The largest absolute Gasteiger partial charge is 0.466 e. The molecule has 0 atom stereocenters. The average molecular weight is 191 g/mol. The van der Waals surface area contributed by atoms with Crippen molar-refractivity contribution < 1.29 is 9.53 Å². The van der Waals surface area contributed by atoms with Gasteiger partial charge in [0.15, 0.2) is 0 Å². The number of carbonyl (C=O) groups is 1. The number of ether oxygens (including phenoxy) is 1. The molecule has 0 saturated heterocycles. The van der Waals surface area contributed by atoms with Crippen molar-refractivity contribution in [2.24, 2.45) is 0 Å². The van der Waals surface area contributed by atoms with Crippen LogP contribution >= 0.6 is 0 Å². The molecule has 0 radical (unpaired) electrons. The summed E-state index contributed by atoms with van der Waals surface area (Å²) in [4.78, 5) is 15.1. The third-order valence-electron chi connectivity index (χ3n) is 1.72. The maximum absolute atomic E-state index is 10.8. The predicted octanol–water partition coefficient (Wildman–Crippen LogP) is 1.88. The second-order valence-electron chi connectivity index (χ2n) is 3.04. The van der Waals surface area contributed by atoms with Gasteiger partial charge in [-0.1, -0.05) is 0 Å². The molecule has 0 unspecified atom stereocenters. The van der Waals surface area contributed by atoms with Gasteiger partial charge < -0.3 is 4.74 Å². The van der Waals surface area contributed by atoms with Crippen LogP contribution in [0, 0.1) is 13.8 Å². The van der Waals surface area contributed by atoms with Crippen molar-refractivity contribution >= 4 is 12.0 Å². The van der Waals surface area contributed by atoms with E-state index in [0.717, 1.165) is 17.0 Å². The molecule has 0 N–H and O–H groups in total. The maximum atomic E-state index is 10.8. The molecule has 0 aliphatic rings. The quantitative estimate of drug-likeness (QED) is 0.529. The van der Waals surface area contributed by atoms with Gasteiger partial charge in [0.25, 0.3) is 0 Å². The van der Waals surface area contributed by atoms with Crippen LogP contribution in [0.1, 0.15) is 17.0 Å². The lowest BCUT2D eigenvalue weighted by Gasteiger charge is -1.98. The zero-order valence-corrected chi connectivity index (χ0v) is 8.57. The second kappa shape index (κ2) is 4.56. The molecular formula is C11H13NO2. The van der Waals surface area contributed by atoms with Gasteiger partial charge in [0.2, 0.25) is 0 Å². The van der Waals surface area contributed by atoms with Crippen molar-refractivity contribution in [3.8, 4) is 0 Å². The molecule has 0 amide bonds. The highest BCUT2D eigenvalue weighted by Crippen LogP contribution is 2.06. The van der Waals surface area contributed by atoms with Crippen LogP contribution < -0.4 is 0 Å². The number of aromatic nitrogens is 1. The summed E-state index contributed by atoms with van der Waals surface area (Å²) < 4.78 is 4.49. The van der Waals surface area contributed by atoms with Crippen molar-refractivity contribution in [2.75, 3.05) is 7.11 Å². The fourth-order valence-corrected chi connectivity index (χ4v) is 1.20. The van der Waals surface area contributed by atoms with Gasteiger partial charge in [0.05, 0.1) is 7.11 Å². The Balaban J connectivity index is 2.86. The van der Waals surface area contributed by atoms with Crippen molar-refractivity contribution in [3.63, 3.8) is 0 Å². The molecule has 0 aliphatic heterocycles. The van der Waals surface area contributed by atoms with Gasteiger partial charge in [-0.05, 0) is 37.6 Å². The number of carbonyl (C=O) groups excluding carboxylic acids is 1. The summed E-state index contributed by atoms with van der Waals surface area (Å²) in [5.74, 6) is -0.350. The van der Waals surface area contributed by atoms with Crippen molar-refractivity contribution in [1.82, 2.24) is 4.98 Å². The summed E-state index contributed by atoms with van der Waals surface area (Å²) >= 11 is 0. The predicted molar refractivity (Wildman–Crippen MR) is 54.8 cm³/mol. The smallest absolute Gasteiger partial charge is 0.330 e. The normalized spacial score (nSPS) is 10.5. The van der Waals surface area contributed by atoms with Crippen LogP contribution in [-0.4, -0.2) is 18.1 Å². The highest BCUT2D eigenvalue weighted by molar-refractivity contribution is 5.86. The maximum Gasteiger partial charge on any atom is 0.330 e. The van der Waals surface area contributed by atoms with Gasteiger partial charge in [-0.25, -0.2) is 4.79 Å². The van der Waals surface area contributed by atoms with E-state index in [1.807, 2.05) is 26.0 Å². The van der Waals surface area contributed by atoms with Crippen molar-refractivity contribution in [1.29, 1.82) is 0 Å². The van der Waals surface area contributed by atoms with Crippen LogP contribution in [0.5, 0.6) is 0 Å². The van der Waals surface area contributed by atoms with Crippen LogP contribution in [0.15, 0.2) is 18.2 Å². The Morgan fingerprint density at radius 1 is 1.36 bits per heavy atom. The Labute approximate surface area is 83.4 Å². The fraction of sp³-hybridized carbons (Fsp3) is 0.273. The van der Waals surface area contributed by atoms with E-state index in [-0.39, 0.29) is 5.97 Å². The van der Waals surface area contributed by atoms with Gasteiger partial charge in [0.1, 0.15) is 0 Å². The molecule has 3 nitrogen and oxygen atoms in total. The van der Waals surface area contributed by atoms with Gasteiger partial charge in [-0.3, -0.25) is 4.98 Å². The van der Waals surface area contributed by atoms with Crippen molar-refractivity contribution in [2.45, 2.75) is 13.8 Å². The lowest BCUT2D eigenvalue weighted by atomic mass is 10.2. The fourth-order valence-electron chi connectivity index (χ4n) is 1.20. The molecule has 1 heterocycles. The molecular weight excluding hydrogens is 178 g/mol. The molecule has 0 saturated carbocycles. The minimum Gasteiger partial charge on any atom is -0.466 e. The lowest BCUT2D eigenvalue weighted by Crippen LogP contribution is -1.93. The van der Waals surface area contributed by atoms with E-state index in [0.29, 0.717) is 0 Å². The van der Waals surface area contributed by atoms with Gasteiger partial charge in [-0.2, -0.15) is 0 Å². The zero-order chi connectivity index (χ0) is 10.6. The molecule has 0 fully saturated rings. The van der Waals surface area contributed by atoms with Crippen molar-refractivity contribution in [3.05, 3.63) is 35.2 Å². The first-order valence-corrected chi connectivity index (χ1v) is 4.33. The van der Waals surface area contributed by atoms with Crippen LogP contribution in [-0.2, 0) is 9.53 Å². The minimum absolute atomic E-state index is 0.350. The standard InChI is InChI=1S/C11H13NO2/c1-8-6-10(7-9(2)12-8)4-5-11(13)14-3/h4-7H,1-3H3. The summed E-state index contributed by atoms with van der Waals surface area (Å²) in [6, 6.07) is 3.82. The first-order valence-electron chi connectivity index (χ1n) is 4.33. The van der Waals surface area contributed by atoms with E-state index in [1.165, 1.54) is 13.2 Å². The number of rotatable bonds is 2. The Bertz CT molecular complexity index is 349.